The normalized spacial score (nSPS) is 25.8. The number of carboxylic acids is 1. The van der Waals surface area contributed by atoms with E-state index in [-0.39, 0.29) is 5.92 Å². The van der Waals surface area contributed by atoms with Crippen molar-refractivity contribution in [2.75, 3.05) is 0 Å². The van der Waals surface area contributed by atoms with Crippen LogP contribution < -0.4 is 0 Å². The minimum Gasteiger partial charge on any atom is -0.481 e. The lowest BCUT2D eigenvalue weighted by molar-refractivity contribution is -0.145. The summed E-state index contributed by atoms with van der Waals surface area (Å²) in [6.07, 6.45) is 4.97. The van der Waals surface area contributed by atoms with Crippen LogP contribution in [0, 0.1) is 29.4 Å². The quantitative estimate of drug-likeness (QED) is 0.873. The molecule has 1 N–H and O–H groups in total. The van der Waals surface area contributed by atoms with Crippen LogP contribution in [0.4, 0.5) is 8.78 Å². The zero-order valence-corrected chi connectivity index (χ0v) is 12.3. The third-order valence-corrected chi connectivity index (χ3v) is 4.60. The summed E-state index contributed by atoms with van der Waals surface area (Å²) in [5, 5.41) is 9.36. The molecule has 0 spiro atoms. The van der Waals surface area contributed by atoms with Crippen molar-refractivity contribution in [3.8, 4) is 0 Å². The summed E-state index contributed by atoms with van der Waals surface area (Å²) in [6.45, 7) is 2.12. The van der Waals surface area contributed by atoms with Gasteiger partial charge in [0.2, 0.25) is 0 Å². The van der Waals surface area contributed by atoms with Gasteiger partial charge in [0, 0.05) is 6.07 Å². The molecule has 21 heavy (non-hydrogen) atoms. The number of hydrogen-bond acceptors (Lipinski definition) is 1. The molecule has 3 atom stereocenters. The summed E-state index contributed by atoms with van der Waals surface area (Å²) in [5.74, 6) is -1.91. The second-order valence-corrected chi connectivity index (χ2v) is 6.11. The number of hydrogen-bond donors (Lipinski definition) is 1. The van der Waals surface area contributed by atoms with Crippen molar-refractivity contribution in [1.82, 2.24) is 0 Å². The van der Waals surface area contributed by atoms with Gasteiger partial charge in [-0.05, 0) is 49.1 Å². The molecular formula is C17H22F2O2. The molecule has 1 aromatic rings. The number of benzene rings is 1. The molecule has 1 aliphatic carbocycles. The Morgan fingerprint density at radius 2 is 2.10 bits per heavy atom. The third kappa shape index (κ3) is 4.02. The first-order chi connectivity index (χ1) is 10.0. The lowest BCUT2D eigenvalue weighted by atomic mass is 9.70. The van der Waals surface area contributed by atoms with Crippen LogP contribution >= 0.6 is 0 Å². The van der Waals surface area contributed by atoms with Gasteiger partial charge in [-0.2, -0.15) is 0 Å². The number of carboxylic acid groups (broad SMARTS) is 1. The Morgan fingerprint density at radius 3 is 2.71 bits per heavy atom. The Hall–Kier alpha value is -1.45. The van der Waals surface area contributed by atoms with E-state index in [1.54, 1.807) is 0 Å². The van der Waals surface area contributed by atoms with Crippen LogP contribution in [-0.4, -0.2) is 11.1 Å². The molecule has 3 unspecified atom stereocenters. The van der Waals surface area contributed by atoms with Crippen LogP contribution in [0.3, 0.4) is 0 Å². The van der Waals surface area contributed by atoms with Crippen molar-refractivity contribution < 1.29 is 18.7 Å². The van der Waals surface area contributed by atoms with Crippen LogP contribution in [0.15, 0.2) is 18.2 Å². The van der Waals surface area contributed by atoms with Gasteiger partial charge in [0.05, 0.1) is 5.92 Å². The van der Waals surface area contributed by atoms with Crippen molar-refractivity contribution in [1.29, 1.82) is 0 Å². The summed E-state index contributed by atoms with van der Waals surface area (Å²) in [4.78, 5) is 11.4. The maximum absolute atomic E-state index is 13.8. The van der Waals surface area contributed by atoms with Gasteiger partial charge >= 0.3 is 5.97 Å². The van der Waals surface area contributed by atoms with Gasteiger partial charge < -0.3 is 5.11 Å². The molecular weight excluding hydrogens is 274 g/mol. The summed E-state index contributed by atoms with van der Waals surface area (Å²) in [7, 11) is 0. The predicted molar refractivity (Wildman–Crippen MR) is 76.9 cm³/mol. The Bertz CT molecular complexity index is 502. The molecule has 0 radical (unpaired) electrons. The first-order valence-corrected chi connectivity index (χ1v) is 7.68. The van der Waals surface area contributed by atoms with Gasteiger partial charge in [0.15, 0.2) is 0 Å². The molecule has 1 aromatic carbocycles. The first-order valence-electron chi connectivity index (χ1n) is 7.68. The molecule has 0 aliphatic heterocycles. The first kappa shape index (κ1) is 15.9. The topological polar surface area (TPSA) is 37.3 Å². The lowest BCUT2D eigenvalue weighted by Gasteiger charge is -2.34. The summed E-state index contributed by atoms with van der Waals surface area (Å²) < 4.78 is 26.8. The number of halogens is 2. The molecule has 2 nitrogen and oxygen atoms in total. The van der Waals surface area contributed by atoms with E-state index in [1.165, 1.54) is 12.1 Å². The SMILES string of the molecule is CCCC1CCC(C(=O)O)C(Cc2ccc(F)cc2F)C1. The van der Waals surface area contributed by atoms with Gasteiger partial charge in [-0.3, -0.25) is 4.79 Å². The van der Waals surface area contributed by atoms with Crippen molar-refractivity contribution in [2.45, 2.75) is 45.4 Å². The summed E-state index contributed by atoms with van der Waals surface area (Å²) >= 11 is 0. The molecule has 0 saturated heterocycles. The molecule has 0 amide bonds. The second-order valence-electron chi connectivity index (χ2n) is 6.11. The smallest absolute Gasteiger partial charge is 0.306 e. The largest absolute Gasteiger partial charge is 0.481 e. The zero-order chi connectivity index (χ0) is 15.4. The number of rotatable bonds is 5. The maximum Gasteiger partial charge on any atom is 0.306 e. The molecule has 0 aromatic heterocycles. The van der Waals surface area contributed by atoms with Crippen molar-refractivity contribution in [3.63, 3.8) is 0 Å². The molecule has 0 heterocycles. The molecule has 4 heteroatoms. The molecule has 116 valence electrons. The van der Waals surface area contributed by atoms with Crippen molar-refractivity contribution >= 4 is 5.97 Å². The number of carbonyl (C=O) groups is 1. The van der Waals surface area contributed by atoms with E-state index < -0.39 is 23.5 Å². The van der Waals surface area contributed by atoms with E-state index in [9.17, 15) is 18.7 Å². The van der Waals surface area contributed by atoms with Gasteiger partial charge in [-0.25, -0.2) is 8.78 Å². The van der Waals surface area contributed by atoms with E-state index in [2.05, 4.69) is 6.92 Å². The standard InChI is InChI=1S/C17H22F2O2/c1-2-3-11-4-7-15(17(20)21)13(8-11)9-12-5-6-14(18)10-16(12)19/h5-6,10-11,13,15H,2-4,7-9H2,1H3,(H,20,21). The minimum atomic E-state index is -0.794. The highest BCUT2D eigenvalue weighted by molar-refractivity contribution is 5.70. The van der Waals surface area contributed by atoms with Crippen LogP contribution in [0.1, 0.15) is 44.6 Å². The fourth-order valence-corrected chi connectivity index (χ4v) is 3.55. The summed E-state index contributed by atoms with van der Waals surface area (Å²) in [6, 6.07) is 3.55. The van der Waals surface area contributed by atoms with Crippen molar-refractivity contribution in [3.05, 3.63) is 35.4 Å². The van der Waals surface area contributed by atoms with E-state index in [4.69, 9.17) is 0 Å². The van der Waals surface area contributed by atoms with Gasteiger partial charge in [-0.15, -0.1) is 0 Å². The number of aliphatic carboxylic acids is 1. The highest BCUT2D eigenvalue weighted by atomic mass is 19.1. The average molecular weight is 296 g/mol. The second kappa shape index (κ2) is 7.01. The highest BCUT2D eigenvalue weighted by Crippen LogP contribution is 2.38. The van der Waals surface area contributed by atoms with E-state index in [0.29, 0.717) is 24.3 Å². The zero-order valence-electron chi connectivity index (χ0n) is 12.3. The highest BCUT2D eigenvalue weighted by Gasteiger charge is 2.35. The monoisotopic (exact) mass is 296 g/mol. The van der Waals surface area contributed by atoms with Gasteiger partial charge in [0.25, 0.3) is 0 Å². The summed E-state index contributed by atoms with van der Waals surface area (Å²) in [5.41, 5.74) is 0.421. The van der Waals surface area contributed by atoms with E-state index in [0.717, 1.165) is 31.7 Å². The third-order valence-electron chi connectivity index (χ3n) is 4.60. The molecule has 1 aliphatic rings. The molecule has 1 saturated carbocycles. The van der Waals surface area contributed by atoms with Gasteiger partial charge in [0.1, 0.15) is 11.6 Å². The average Bonchev–Trinajstić information content (AvgIpc) is 2.42. The fraction of sp³-hybridized carbons (Fsp3) is 0.588. The maximum atomic E-state index is 13.8. The van der Waals surface area contributed by atoms with E-state index >= 15 is 0 Å². The van der Waals surface area contributed by atoms with Crippen molar-refractivity contribution in [2.24, 2.45) is 17.8 Å². The van der Waals surface area contributed by atoms with Crippen LogP contribution in [0.2, 0.25) is 0 Å². The molecule has 2 rings (SSSR count). The van der Waals surface area contributed by atoms with Crippen LogP contribution in [0.5, 0.6) is 0 Å². The van der Waals surface area contributed by atoms with Gasteiger partial charge in [-0.1, -0.05) is 25.8 Å². The Morgan fingerprint density at radius 1 is 1.33 bits per heavy atom. The Balaban J connectivity index is 2.13. The Kier molecular flexibility index (Phi) is 5.32. The molecule has 0 bridgehead atoms. The minimum absolute atomic E-state index is 0.0623. The Labute approximate surface area is 124 Å². The predicted octanol–water partition coefficient (Wildman–Crippen LogP) is 4.42. The fourth-order valence-electron chi connectivity index (χ4n) is 3.55. The lowest BCUT2D eigenvalue weighted by Crippen LogP contribution is -2.32. The van der Waals surface area contributed by atoms with E-state index in [1.807, 2.05) is 0 Å². The van der Waals surface area contributed by atoms with Crippen LogP contribution in [0.25, 0.3) is 0 Å². The van der Waals surface area contributed by atoms with Crippen LogP contribution in [-0.2, 0) is 11.2 Å². The molecule has 1 fully saturated rings.